The van der Waals surface area contributed by atoms with E-state index in [1.165, 1.54) is 0 Å². The quantitative estimate of drug-likeness (QED) is 0.771. The van der Waals surface area contributed by atoms with Gasteiger partial charge in [0.25, 0.3) is 11.5 Å². The Bertz CT molecular complexity index is 1030. The Morgan fingerprint density at radius 3 is 2.77 bits per heavy atom. The predicted molar refractivity (Wildman–Crippen MR) is 96.9 cm³/mol. The van der Waals surface area contributed by atoms with Crippen molar-refractivity contribution in [2.24, 2.45) is 0 Å². The van der Waals surface area contributed by atoms with Crippen LogP contribution in [0.4, 0.5) is 0 Å². The smallest absolute Gasteiger partial charge is 0.277 e. The maximum atomic E-state index is 12.9. The SMILES string of the molecule is Cc1n[nH]c(=O)c(C(=O)N2CCc3cc(-c4ccccc4)oc3C2)c1C. The normalized spacial score (nSPS) is 13.5. The molecule has 0 saturated heterocycles. The van der Waals surface area contributed by atoms with Gasteiger partial charge in [-0.05, 0) is 37.5 Å². The van der Waals surface area contributed by atoms with Crippen molar-refractivity contribution in [1.29, 1.82) is 0 Å². The number of nitrogens with zero attached hydrogens (tertiary/aromatic N) is 2. The van der Waals surface area contributed by atoms with Crippen LogP contribution in [0.5, 0.6) is 0 Å². The minimum absolute atomic E-state index is 0.163. The van der Waals surface area contributed by atoms with E-state index in [4.69, 9.17) is 4.42 Å². The van der Waals surface area contributed by atoms with Gasteiger partial charge in [-0.2, -0.15) is 5.10 Å². The van der Waals surface area contributed by atoms with Gasteiger partial charge >= 0.3 is 0 Å². The van der Waals surface area contributed by atoms with Crippen molar-refractivity contribution in [2.75, 3.05) is 6.54 Å². The lowest BCUT2D eigenvalue weighted by atomic mass is 10.0. The molecule has 0 radical (unpaired) electrons. The van der Waals surface area contributed by atoms with Gasteiger partial charge in [0.1, 0.15) is 17.1 Å². The Labute approximate surface area is 150 Å². The zero-order valence-corrected chi connectivity index (χ0v) is 14.7. The number of carbonyl (C=O) groups is 1. The summed E-state index contributed by atoms with van der Waals surface area (Å²) in [7, 11) is 0. The molecule has 6 heteroatoms. The van der Waals surface area contributed by atoms with Crippen LogP contribution in [-0.2, 0) is 13.0 Å². The number of amides is 1. The fraction of sp³-hybridized carbons (Fsp3) is 0.250. The minimum atomic E-state index is -0.451. The van der Waals surface area contributed by atoms with Crippen LogP contribution in [0, 0.1) is 13.8 Å². The highest BCUT2D eigenvalue weighted by atomic mass is 16.3. The topological polar surface area (TPSA) is 79.2 Å². The minimum Gasteiger partial charge on any atom is -0.459 e. The molecule has 1 amide bonds. The number of aromatic amines is 1. The third kappa shape index (κ3) is 2.73. The van der Waals surface area contributed by atoms with Gasteiger partial charge < -0.3 is 9.32 Å². The zero-order chi connectivity index (χ0) is 18.3. The first-order valence-corrected chi connectivity index (χ1v) is 8.56. The fourth-order valence-electron chi connectivity index (χ4n) is 3.28. The maximum absolute atomic E-state index is 12.9. The summed E-state index contributed by atoms with van der Waals surface area (Å²) in [4.78, 5) is 26.7. The standard InChI is InChI=1S/C20H19N3O3/c1-12-13(2)21-22-19(24)18(12)20(25)23-9-8-15-10-16(26-17(15)11-23)14-6-4-3-5-7-14/h3-7,10H,8-9,11H2,1-2H3,(H,22,24). The molecule has 3 heterocycles. The fourth-order valence-corrected chi connectivity index (χ4v) is 3.28. The lowest BCUT2D eigenvalue weighted by molar-refractivity contribution is 0.0717. The molecule has 6 nitrogen and oxygen atoms in total. The van der Waals surface area contributed by atoms with Crippen LogP contribution in [-0.4, -0.2) is 27.5 Å². The largest absolute Gasteiger partial charge is 0.459 e. The van der Waals surface area contributed by atoms with Crippen molar-refractivity contribution >= 4 is 5.91 Å². The number of aryl methyl sites for hydroxylation is 1. The summed E-state index contributed by atoms with van der Waals surface area (Å²) >= 11 is 0. The Morgan fingerprint density at radius 2 is 2.00 bits per heavy atom. The molecule has 0 bridgehead atoms. The average molecular weight is 349 g/mol. The number of carbonyl (C=O) groups excluding carboxylic acids is 1. The van der Waals surface area contributed by atoms with Crippen LogP contribution < -0.4 is 5.56 Å². The lowest BCUT2D eigenvalue weighted by Gasteiger charge is -2.26. The van der Waals surface area contributed by atoms with Crippen molar-refractivity contribution < 1.29 is 9.21 Å². The molecule has 0 saturated carbocycles. The summed E-state index contributed by atoms with van der Waals surface area (Å²) < 4.78 is 6.00. The summed E-state index contributed by atoms with van der Waals surface area (Å²) in [5.74, 6) is 1.31. The second kappa shape index (κ2) is 6.29. The summed E-state index contributed by atoms with van der Waals surface area (Å²) in [6.07, 6.45) is 0.707. The van der Waals surface area contributed by atoms with Crippen molar-refractivity contribution in [3.63, 3.8) is 0 Å². The van der Waals surface area contributed by atoms with Crippen LogP contribution >= 0.6 is 0 Å². The highest BCUT2D eigenvalue weighted by Gasteiger charge is 2.28. The molecule has 26 heavy (non-hydrogen) atoms. The average Bonchev–Trinajstić information content (AvgIpc) is 3.09. The van der Waals surface area contributed by atoms with E-state index < -0.39 is 5.56 Å². The second-order valence-electron chi connectivity index (χ2n) is 6.54. The van der Waals surface area contributed by atoms with E-state index in [1.807, 2.05) is 36.4 Å². The number of fused-ring (bicyclic) bond motifs is 1. The molecule has 0 spiro atoms. The highest BCUT2D eigenvalue weighted by molar-refractivity contribution is 5.95. The van der Waals surface area contributed by atoms with Crippen molar-refractivity contribution in [2.45, 2.75) is 26.8 Å². The Balaban J connectivity index is 1.63. The predicted octanol–water partition coefficient (Wildman–Crippen LogP) is 2.85. The van der Waals surface area contributed by atoms with Gasteiger partial charge in [0.15, 0.2) is 0 Å². The molecule has 1 aliphatic heterocycles. The van der Waals surface area contributed by atoms with Crippen LogP contribution in [0.15, 0.2) is 45.6 Å². The molecule has 3 aromatic rings. The number of rotatable bonds is 2. The molecular weight excluding hydrogens is 330 g/mol. The Hall–Kier alpha value is -3.15. The molecule has 132 valence electrons. The van der Waals surface area contributed by atoms with Gasteiger partial charge in [-0.3, -0.25) is 9.59 Å². The number of H-pyrrole nitrogens is 1. The van der Waals surface area contributed by atoms with Crippen LogP contribution in [0.25, 0.3) is 11.3 Å². The highest BCUT2D eigenvalue weighted by Crippen LogP contribution is 2.30. The molecule has 4 rings (SSSR count). The third-order valence-corrected chi connectivity index (χ3v) is 4.91. The first kappa shape index (κ1) is 16.3. The maximum Gasteiger partial charge on any atom is 0.277 e. The second-order valence-corrected chi connectivity index (χ2v) is 6.54. The summed E-state index contributed by atoms with van der Waals surface area (Å²) in [6, 6.07) is 11.9. The first-order valence-electron chi connectivity index (χ1n) is 8.56. The number of aromatic nitrogens is 2. The number of furan rings is 1. The number of benzene rings is 1. The molecule has 1 aliphatic rings. The Kier molecular flexibility index (Phi) is 3.95. The molecule has 2 aromatic heterocycles. The first-order chi connectivity index (χ1) is 12.5. The molecule has 0 fully saturated rings. The van der Waals surface area contributed by atoms with Crippen molar-refractivity contribution in [1.82, 2.24) is 15.1 Å². The van der Waals surface area contributed by atoms with E-state index in [1.54, 1.807) is 18.7 Å². The molecule has 0 unspecified atom stereocenters. The van der Waals surface area contributed by atoms with E-state index in [9.17, 15) is 9.59 Å². The number of nitrogens with one attached hydrogen (secondary N) is 1. The number of hydrogen-bond acceptors (Lipinski definition) is 4. The molecule has 1 aromatic carbocycles. The molecule has 0 aliphatic carbocycles. The zero-order valence-electron chi connectivity index (χ0n) is 14.7. The lowest BCUT2D eigenvalue weighted by Crippen LogP contribution is -2.39. The van der Waals surface area contributed by atoms with Gasteiger partial charge in [-0.25, -0.2) is 5.10 Å². The van der Waals surface area contributed by atoms with Crippen molar-refractivity contribution in [3.8, 4) is 11.3 Å². The molecule has 1 N–H and O–H groups in total. The molecular formula is C20H19N3O3. The van der Waals surface area contributed by atoms with Crippen LogP contribution in [0.2, 0.25) is 0 Å². The van der Waals surface area contributed by atoms with Crippen molar-refractivity contribution in [3.05, 3.63) is 74.9 Å². The van der Waals surface area contributed by atoms with E-state index >= 15 is 0 Å². The van der Waals surface area contributed by atoms with Crippen LogP contribution in [0.1, 0.15) is 32.9 Å². The Morgan fingerprint density at radius 1 is 1.23 bits per heavy atom. The van der Waals surface area contributed by atoms with Gasteiger partial charge in [-0.15, -0.1) is 0 Å². The van der Waals surface area contributed by atoms with Gasteiger partial charge in [-0.1, -0.05) is 30.3 Å². The van der Waals surface area contributed by atoms with E-state index in [0.717, 1.165) is 22.6 Å². The molecule has 0 atom stereocenters. The van der Waals surface area contributed by atoms with Gasteiger partial charge in [0.05, 0.1) is 12.2 Å². The van der Waals surface area contributed by atoms with Crippen LogP contribution in [0.3, 0.4) is 0 Å². The summed E-state index contributed by atoms with van der Waals surface area (Å²) in [6.45, 7) is 4.44. The van der Waals surface area contributed by atoms with Gasteiger partial charge in [0.2, 0.25) is 0 Å². The van der Waals surface area contributed by atoms with E-state index in [2.05, 4.69) is 10.2 Å². The third-order valence-electron chi connectivity index (χ3n) is 4.91. The monoisotopic (exact) mass is 349 g/mol. The van der Waals surface area contributed by atoms with E-state index in [-0.39, 0.29) is 11.5 Å². The summed E-state index contributed by atoms with van der Waals surface area (Å²) in [5.41, 5.74) is 3.11. The number of hydrogen-bond donors (Lipinski definition) is 1. The summed E-state index contributed by atoms with van der Waals surface area (Å²) in [5, 5.41) is 6.31. The van der Waals surface area contributed by atoms with E-state index in [0.29, 0.717) is 30.8 Å². The van der Waals surface area contributed by atoms with Gasteiger partial charge in [0, 0.05) is 12.1 Å².